The second kappa shape index (κ2) is 11.7. The Balaban J connectivity index is 0.000000553. The van der Waals surface area contributed by atoms with Crippen molar-refractivity contribution in [3.05, 3.63) is 24.3 Å². The fourth-order valence-corrected chi connectivity index (χ4v) is 2.53. The van der Waals surface area contributed by atoms with Crippen LogP contribution >= 0.6 is 0 Å². The summed E-state index contributed by atoms with van der Waals surface area (Å²) in [7, 11) is 0. The number of halogens is 3. The molecule has 0 aliphatic carbocycles. The first-order valence-electron chi connectivity index (χ1n) is 8.88. The number of hydrogen-bond acceptors (Lipinski definition) is 7. The zero-order valence-electron chi connectivity index (χ0n) is 15.8. The lowest BCUT2D eigenvalue weighted by molar-refractivity contribution is -0.192. The predicted molar refractivity (Wildman–Crippen MR) is 95.6 cm³/mol. The molecule has 0 unspecified atom stereocenters. The number of rotatable bonds is 6. The van der Waals surface area contributed by atoms with E-state index in [-0.39, 0.29) is 23.6 Å². The van der Waals surface area contributed by atoms with Gasteiger partial charge in [0.1, 0.15) is 11.7 Å². The van der Waals surface area contributed by atoms with Gasteiger partial charge in [0.2, 0.25) is 5.91 Å². The molecule has 2 amide bonds. The van der Waals surface area contributed by atoms with Crippen LogP contribution in [0, 0.1) is 11.3 Å². The van der Waals surface area contributed by atoms with E-state index in [1.165, 1.54) is 18.6 Å². The number of alkyl halides is 3. The minimum Gasteiger partial charge on any atom is -0.475 e. The second-order valence-electron chi connectivity index (χ2n) is 6.22. The number of nitrogens with two attached hydrogens (primary N) is 1. The fourth-order valence-electron chi connectivity index (χ4n) is 2.53. The summed E-state index contributed by atoms with van der Waals surface area (Å²) in [6.07, 6.45) is 1.83. The minimum atomic E-state index is -5.08. The van der Waals surface area contributed by atoms with Gasteiger partial charge >= 0.3 is 12.1 Å². The molecule has 2 rings (SSSR count). The SMILES string of the molecule is N#C[C@@H]1CCCN1C(=O)[C@@H](N)CCCNC(=O)c1cnccn1.O=C(O)C(F)(F)F. The highest BCUT2D eigenvalue weighted by atomic mass is 19.4. The predicted octanol–water partition coefficient (Wildman–Crippen LogP) is 0.462. The summed E-state index contributed by atoms with van der Waals surface area (Å²) in [6, 6.07) is 1.13. The average molecular weight is 430 g/mol. The van der Waals surface area contributed by atoms with Gasteiger partial charge in [-0.25, -0.2) is 9.78 Å². The van der Waals surface area contributed by atoms with Crippen molar-refractivity contribution in [1.82, 2.24) is 20.2 Å². The van der Waals surface area contributed by atoms with Gasteiger partial charge in [-0.3, -0.25) is 14.6 Å². The highest BCUT2D eigenvalue weighted by molar-refractivity contribution is 5.91. The van der Waals surface area contributed by atoms with Crippen molar-refractivity contribution in [2.75, 3.05) is 13.1 Å². The van der Waals surface area contributed by atoms with Crippen LogP contribution in [0.2, 0.25) is 0 Å². The molecule has 4 N–H and O–H groups in total. The lowest BCUT2D eigenvalue weighted by Crippen LogP contribution is -2.45. The highest BCUT2D eigenvalue weighted by Gasteiger charge is 2.38. The zero-order chi connectivity index (χ0) is 22.7. The lowest BCUT2D eigenvalue weighted by atomic mass is 10.1. The van der Waals surface area contributed by atoms with E-state index in [1.807, 2.05) is 0 Å². The van der Waals surface area contributed by atoms with Gasteiger partial charge in [0.15, 0.2) is 0 Å². The van der Waals surface area contributed by atoms with Crippen molar-refractivity contribution in [2.45, 2.75) is 43.9 Å². The number of amides is 2. The monoisotopic (exact) mass is 430 g/mol. The molecule has 0 saturated carbocycles. The molecule has 164 valence electrons. The molecule has 1 aromatic rings. The first-order chi connectivity index (χ1) is 14.1. The third-order valence-corrected chi connectivity index (χ3v) is 4.02. The van der Waals surface area contributed by atoms with Gasteiger partial charge in [0.25, 0.3) is 5.91 Å². The number of carboxylic acid groups (broad SMARTS) is 1. The molecule has 0 bridgehead atoms. The molecule has 0 radical (unpaired) electrons. The maximum absolute atomic E-state index is 12.2. The first kappa shape index (κ1) is 24.8. The molecule has 10 nitrogen and oxygen atoms in total. The normalized spacial score (nSPS) is 16.6. The van der Waals surface area contributed by atoms with Gasteiger partial charge in [0, 0.05) is 25.5 Å². The van der Waals surface area contributed by atoms with Gasteiger partial charge in [-0.1, -0.05) is 0 Å². The Labute approximate surface area is 169 Å². The van der Waals surface area contributed by atoms with Crippen molar-refractivity contribution < 1.29 is 32.7 Å². The van der Waals surface area contributed by atoms with Crippen molar-refractivity contribution in [3.8, 4) is 6.07 Å². The summed E-state index contributed by atoms with van der Waals surface area (Å²) >= 11 is 0. The molecule has 30 heavy (non-hydrogen) atoms. The molecule has 13 heteroatoms. The Morgan fingerprint density at radius 3 is 2.60 bits per heavy atom. The van der Waals surface area contributed by atoms with E-state index in [1.54, 1.807) is 4.90 Å². The van der Waals surface area contributed by atoms with Crippen LogP contribution in [0.1, 0.15) is 36.2 Å². The number of nitriles is 1. The second-order valence-corrected chi connectivity index (χ2v) is 6.22. The van der Waals surface area contributed by atoms with Gasteiger partial charge in [-0.2, -0.15) is 18.4 Å². The standard InChI is InChI=1S/C15H20N6O2.C2HF3O2/c16-9-11-3-2-8-21(11)15(23)12(17)4-1-5-20-14(22)13-10-18-6-7-19-13;3-2(4,5)1(6)7/h6-7,10-12H,1-5,8,17H2,(H,20,22);(H,6,7)/t11-,12-;/m0./s1. The molecule has 1 saturated heterocycles. The molecule has 0 aromatic carbocycles. The number of carbonyl (C=O) groups excluding carboxylic acids is 2. The van der Waals surface area contributed by atoms with Crippen molar-refractivity contribution >= 4 is 17.8 Å². The molecule has 2 heterocycles. The van der Waals surface area contributed by atoms with Crippen LogP contribution in [0.4, 0.5) is 13.2 Å². The van der Waals surface area contributed by atoms with Gasteiger partial charge in [-0.05, 0) is 25.7 Å². The topological polar surface area (TPSA) is 162 Å². The lowest BCUT2D eigenvalue weighted by Gasteiger charge is -2.23. The molecule has 1 fully saturated rings. The summed E-state index contributed by atoms with van der Waals surface area (Å²) in [5, 5.41) is 18.8. The summed E-state index contributed by atoms with van der Waals surface area (Å²) in [5.74, 6) is -3.25. The number of aromatic nitrogens is 2. The van der Waals surface area contributed by atoms with Crippen LogP contribution in [0.5, 0.6) is 0 Å². The third-order valence-electron chi connectivity index (χ3n) is 4.02. The highest BCUT2D eigenvalue weighted by Crippen LogP contribution is 2.18. The molecular weight excluding hydrogens is 409 g/mol. The van der Waals surface area contributed by atoms with E-state index in [0.29, 0.717) is 32.4 Å². The molecule has 1 aliphatic rings. The zero-order valence-corrected chi connectivity index (χ0v) is 15.8. The Hall–Kier alpha value is -3.27. The quantitative estimate of drug-likeness (QED) is 0.548. The van der Waals surface area contributed by atoms with E-state index in [9.17, 15) is 22.8 Å². The van der Waals surface area contributed by atoms with Crippen LogP contribution in [-0.2, 0) is 9.59 Å². The Morgan fingerprint density at radius 1 is 1.40 bits per heavy atom. The summed E-state index contributed by atoms with van der Waals surface area (Å²) in [4.78, 5) is 42.1. The summed E-state index contributed by atoms with van der Waals surface area (Å²) < 4.78 is 31.7. The number of hydrogen-bond donors (Lipinski definition) is 3. The molecule has 2 atom stereocenters. The van der Waals surface area contributed by atoms with Crippen LogP contribution in [0.3, 0.4) is 0 Å². The Morgan fingerprint density at radius 2 is 2.07 bits per heavy atom. The maximum Gasteiger partial charge on any atom is 0.490 e. The Kier molecular flexibility index (Phi) is 9.63. The number of carboxylic acids is 1. The smallest absolute Gasteiger partial charge is 0.475 e. The number of nitrogens with one attached hydrogen (secondary N) is 1. The summed E-state index contributed by atoms with van der Waals surface area (Å²) in [6.45, 7) is 0.992. The number of aliphatic carboxylic acids is 1. The van der Waals surface area contributed by atoms with Crippen molar-refractivity contribution in [1.29, 1.82) is 5.26 Å². The van der Waals surface area contributed by atoms with Gasteiger partial charge < -0.3 is 21.1 Å². The number of nitrogens with zero attached hydrogens (tertiary/aromatic N) is 4. The third kappa shape index (κ3) is 8.00. The molecule has 1 aromatic heterocycles. The van der Waals surface area contributed by atoms with Crippen LogP contribution in [-0.4, -0.2) is 69.1 Å². The van der Waals surface area contributed by atoms with E-state index in [2.05, 4.69) is 21.4 Å². The van der Waals surface area contributed by atoms with Gasteiger partial charge in [-0.15, -0.1) is 0 Å². The Bertz CT molecular complexity index is 769. The van der Waals surface area contributed by atoms with Crippen molar-refractivity contribution in [3.63, 3.8) is 0 Å². The van der Waals surface area contributed by atoms with E-state index < -0.39 is 18.2 Å². The van der Waals surface area contributed by atoms with E-state index in [0.717, 1.165) is 6.42 Å². The molecule has 0 spiro atoms. The maximum atomic E-state index is 12.2. The number of carbonyl (C=O) groups is 3. The summed E-state index contributed by atoms with van der Waals surface area (Å²) in [5.41, 5.74) is 6.16. The van der Waals surface area contributed by atoms with Crippen LogP contribution in [0.25, 0.3) is 0 Å². The van der Waals surface area contributed by atoms with Crippen LogP contribution in [0.15, 0.2) is 18.6 Å². The van der Waals surface area contributed by atoms with E-state index in [4.69, 9.17) is 20.9 Å². The fraction of sp³-hybridized carbons (Fsp3) is 0.529. The van der Waals surface area contributed by atoms with E-state index >= 15 is 0 Å². The average Bonchev–Trinajstić information content (AvgIpc) is 3.19. The van der Waals surface area contributed by atoms with Crippen LogP contribution < -0.4 is 11.1 Å². The largest absolute Gasteiger partial charge is 0.490 e. The minimum absolute atomic E-state index is 0.186. The molecular formula is C17H21F3N6O4. The number of likely N-dealkylation sites (tertiary alicyclic amines) is 1. The van der Waals surface area contributed by atoms with Crippen molar-refractivity contribution in [2.24, 2.45) is 5.73 Å². The first-order valence-corrected chi connectivity index (χ1v) is 8.88. The molecule has 1 aliphatic heterocycles. The van der Waals surface area contributed by atoms with Gasteiger partial charge in [0.05, 0.1) is 18.3 Å².